The summed E-state index contributed by atoms with van der Waals surface area (Å²) in [5.74, 6) is 0. The van der Waals surface area contributed by atoms with Crippen LogP contribution in [0.5, 0.6) is 0 Å². The van der Waals surface area contributed by atoms with Gasteiger partial charge < -0.3 is 9.80 Å². The Morgan fingerprint density at radius 2 is 0.691 bits per heavy atom. The molecule has 0 fully saturated rings. The summed E-state index contributed by atoms with van der Waals surface area (Å²) in [6.07, 6.45) is 4.38. The van der Waals surface area contributed by atoms with Crippen LogP contribution in [0.2, 0.25) is 0 Å². The number of nitrogens with zero attached hydrogens (tertiary/aromatic N) is 2. The lowest BCUT2D eigenvalue weighted by molar-refractivity contribution is 0.660. The number of anilines is 6. The minimum atomic E-state index is -0.0607. The number of hydrogen-bond donors (Lipinski definition) is 0. The Morgan fingerprint density at radius 1 is 0.327 bits per heavy atom. The summed E-state index contributed by atoms with van der Waals surface area (Å²) in [5, 5.41) is 0. The van der Waals surface area contributed by atoms with Crippen LogP contribution in [0.3, 0.4) is 0 Å². The zero-order chi connectivity index (χ0) is 37.2. The van der Waals surface area contributed by atoms with Crippen molar-refractivity contribution in [2.75, 3.05) is 9.80 Å². The Morgan fingerprint density at radius 3 is 1.22 bits per heavy atom. The van der Waals surface area contributed by atoms with E-state index in [0.717, 1.165) is 45.3 Å². The first-order valence-corrected chi connectivity index (χ1v) is 19.0. The maximum Gasteiger partial charge on any atom is 0.0465 e. The molecular weight excluding hydrogens is 665 g/mol. The minimum Gasteiger partial charge on any atom is -0.311 e. The fourth-order valence-corrected chi connectivity index (χ4v) is 7.97. The normalized spacial score (nSPS) is 12.6. The molecule has 8 aromatic rings. The standard InChI is InChI=1S/C53H42N2/c1-53(2)51-21-13-12-20-49(51)50-37-36-48(38-52(50)53)55(45-18-10-5-11-19-45)46-32-26-40(27-33-46)23-22-39-24-28-41(29-25-39)42-30-34-47(35-31-42)54(43-14-6-3-7-15-43)44-16-8-4-9-17-44/h3-38H,1-2H3/b23-22+. The summed E-state index contributed by atoms with van der Waals surface area (Å²) in [6, 6.07) is 74.0. The average molecular weight is 707 g/mol. The molecule has 0 amide bonds. The van der Waals surface area contributed by atoms with E-state index in [1.807, 2.05) is 0 Å². The monoisotopic (exact) mass is 706 g/mol. The Kier molecular flexibility index (Phi) is 8.94. The molecule has 0 unspecified atom stereocenters. The lowest BCUT2D eigenvalue weighted by Gasteiger charge is -2.28. The molecule has 1 aliphatic rings. The van der Waals surface area contributed by atoms with Gasteiger partial charge >= 0.3 is 0 Å². The van der Waals surface area contributed by atoms with Gasteiger partial charge in [0.05, 0.1) is 0 Å². The molecule has 0 radical (unpaired) electrons. The number of fused-ring (bicyclic) bond motifs is 3. The second kappa shape index (κ2) is 14.5. The third-order valence-corrected chi connectivity index (χ3v) is 10.9. The highest BCUT2D eigenvalue weighted by Crippen LogP contribution is 2.50. The fourth-order valence-electron chi connectivity index (χ4n) is 7.97. The van der Waals surface area contributed by atoms with Gasteiger partial charge in [-0.3, -0.25) is 0 Å². The smallest absolute Gasteiger partial charge is 0.0465 e. The molecule has 0 N–H and O–H groups in total. The van der Waals surface area contributed by atoms with Crippen LogP contribution in [0.1, 0.15) is 36.1 Å². The van der Waals surface area contributed by atoms with Crippen molar-refractivity contribution in [1.82, 2.24) is 0 Å². The number of rotatable bonds is 9. The van der Waals surface area contributed by atoms with Gasteiger partial charge in [0.2, 0.25) is 0 Å². The molecule has 0 aliphatic heterocycles. The van der Waals surface area contributed by atoms with E-state index in [0.29, 0.717) is 0 Å². The van der Waals surface area contributed by atoms with Crippen LogP contribution in [0.25, 0.3) is 34.4 Å². The highest BCUT2D eigenvalue weighted by molar-refractivity contribution is 5.86. The van der Waals surface area contributed by atoms with E-state index in [9.17, 15) is 0 Å². The zero-order valence-electron chi connectivity index (χ0n) is 31.2. The molecule has 0 aromatic heterocycles. The molecular formula is C53H42N2. The van der Waals surface area contributed by atoms with Crippen molar-refractivity contribution in [3.8, 4) is 22.3 Å². The van der Waals surface area contributed by atoms with E-state index < -0.39 is 0 Å². The van der Waals surface area contributed by atoms with Crippen LogP contribution in [0.4, 0.5) is 34.1 Å². The van der Waals surface area contributed by atoms with E-state index in [4.69, 9.17) is 0 Å². The molecule has 0 saturated carbocycles. The van der Waals surface area contributed by atoms with Crippen LogP contribution in [-0.4, -0.2) is 0 Å². The topological polar surface area (TPSA) is 6.48 Å². The van der Waals surface area contributed by atoms with Crippen LogP contribution in [0, 0.1) is 0 Å². The minimum absolute atomic E-state index is 0.0607. The Balaban J connectivity index is 0.932. The molecule has 9 rings (SSSR count). The molecule has 55 heavy (non-hydrogen) atoms. The number of benzene rings is 8. The van der Waals surface area contributed by atoms with E-state index >= 15 is 0 Å². The summed E-state index contributed by atoms with van der Waals surface area (Å²) in [4.78, 5) is 4.65. The van der Waals surface area contributed by atoms with E-state index in [1.54, 1.807) is 0 Å². The van der Waals surface area contributed by atoms with Gasteiger partial charge in [0.15, 0.2) is 0 Å². The van der Waals surface area contributed by atoms with Crippen LogP contribution in [-0.2, 0) is 5.41 Å². The molecule has 0 saturated heterocycles. The van der Waals surface area contributed by atoms with Gasteiger partial charge in [-0.15, -0.1) is 0 Å². The largest absolute Gasteiger partial charge is 0.311 e. The molecule has 0 spiro atoms. The lowest BCUT2D eigenvalue weighted by atomic mass is 9.82. The second-order valence-corrected chi connectivity index (χ2v) is 14.7. The van der Waals surface area contributed by atoms with Crippen LogP contribution >= 0.6 is 0 Å². The summed E-state index contributed by atoms with van der Waals surface area (Å²) >= 11 is 0. The van der Waals surface area contributed by atoms with Crippen molar-refractivity contribution >= 4 is 46.3 Å². The summed E-state index contributed by atoms with van der Waals surface area (Å²) in [6.45, 7) is 4.68. The molecule has 0 heterocycles. The van der Waals surface area contributed by atoms with Crippen molar-refractivity contribution in [1.29, 1.82) is 0 Å². The van der Waals surface area contributed by atoms with Gasteiger partial charge in [-0.2, -0.15) is 0 Å². The third-order valence-electron chi connectivity index (χ3n) is 10.9. The first kappa shape index (κ1) is 33.9. The van der Waals surface area contributed by atoms with Gasteiger partial charge in [-0.1, -0.05) is 159 Å². The quantitative estimate of drug-likeness (QED) is 0.138. The van der Waals surface area contributed by atoms with Crippen molar-refractivity contribution in [2.24, 2.45) is 0 Å². The van der Waals surface area contributed by atoms with Crippen molar-refractivity contribution in [2.45, 2.75) is 19.3 Å². The van der Waals surface area contributed by atoms with Crippen molar-refractivity contribution in [3.05, 3.63) is 229 Å². The molecule has 0 atom stereocenters. The predicted octanol–water partition coefficient (Wildman–Crippen LogP) is 14.8. The molecule has 0 bridgehead atoms. The van der Waals surface area contributed by atoms with E-state index in [1.165, 1.54) is 33.4 Å². The summed E-state index contributed by atoms with van der Waals surface area (Å²) in [5.41, 5.74) is 16.9. The van der Waals surface area contributed by atoms with Crippen molar-refractivity contribution < 1.29 is 0 Å². The predicted molar refractivity (Wildman–Crippen MR) is 234 cm³/mol. The van der Waals surface area contributed by atoms with Crippen LogP contribution < -0.4 is 9.80 Å². The Bertz CT molecular complexity index is 2530. The highest BCUT2D eigenvalue weighted by Gasteiger charge is 2.35. The molecule has 2 heteroatoms. The first-order valence-electron chi connectivity index (χ1n) is 19.0. The van der Waals surface area contributed by atoms with E-state index in [2.05, 4.69) is 242 Å². The number of para-hydroxylation sites is 3. The molecule has 264 valence electrons. The SMILES string of the molecule is CC1(C)c2ccccc2-c2ccc(N(c3ccccc3)c3ccc(/C=C/c4ccc(-c5ccc(N(c6ccccc6)c6ccccc6)cc5)cc4)cc3)cc21. The zero-order valence-corrected chi connectivity index (χ0v) is 31.2. The van der Waals surface area contributed by atoms with E-state index in [-0.39, 0.29) is 5.41 Å². The maximum absolute atomic E-state index is 2.39. The molecule has 8 aromatic carbocycles. The first-order chi connectivity index (χ1) is 27.0. The van der Waals surface area contributed by atoms with Crippen LogP contribution in [0.15, 0.2) is 206 Å². The van der Waals surface area contributed by atoms with Gasteiger partial charge in [-0.25, -0.2) is 0 Å². The lowest BCUT2D eigenvalue weighted by Crippen LogP contribution is -2.16. The van der Waals surface area contributed by atoms with Gasteiger partial charge in [0, 0.05) is 39.5 Å². The Labute approximate surface area is 324 Å². The maximum atomic E-state index is 2.39. The molecule has 2 nitrogen and oxygen atoms in total. The average Bonchev–Trinajstić information content (AvgIpc) is 3.48. The highest BCUT2D eigenvalue weighted by atomic mass is 15.1. The fraction of sp³-hybridized carbons (Fsp3) is 0.0566. The number of hydrogen-bond acceptors (Lipinski definition) is 2. The van der Waals surface area contributed by atoms with Crippen molar-refractivity contribution in [3.63, 3.8) is 0 Å². The second-order valence-electron chi connectivity index (χ2n) is 14.7. The summed E-state index contributed by atoms with van der Waals surface area (Å²) in [7, 11) is 0. The summed E-state index contributed by atoms with van der Waals surface area (Å²) < 4.78 is 0. The Hall–Kier alpha value is -6.90. The van der Waals surface area contributed by atoms with Gasteiger partial charge in [-0.05, 0) is 117 Å². The molecule has 1 aliphatic carbocycles. The van der Waals surface area contributed by atoms with Gasteiger partial charge in [0.1, 0.15) is 0 Å². The third kappa shape index (κ3) is 6.64. The van der Waals surface area contributed by atoms with Gasteiger partial charge in [0.25, 0.3) is 0 Å².